The van der Waals surface area contributed by atoms with E-state index in [0.29, 0.717) is 11.3 Å². The molecule has 0 bridgehead atoms. The van der Waals surface area contributed by atoms with Crippen LogP contribution in [0.15, 0.2) is 0 Å². The van der Waals surface area contributed by atoms with Crippen LogP contribution in [0.4, 0.5) is 0 Å². The molecule has 1 heterocycles. The Kier molecular flexibility index (Phi) is 5.22. The van der Waals surface area contributed by atoms with Crippen LogP contribution in [-0.2, 0) is 0 Å². The summed E-state index contributed by atoms with van der Waals surface area (Å²) in [6.45, 7) is 11.0. The Morgan fingerprint density at radius 2 is 1.94 bits per heavy atom. The van der Waals surface area contributed by atoms with E-state index in [9.17, 15) is 5.11 Å². The van der Waals surface area contributed by atoms with Gasteiger partial charge in [-0.2, -0.15) is 0 Å². The second-order valence-corrected chi connectivity index (χ2v) is 6.05. The summed E-state index contributed by atoms with van der Waals surface area (Å²) in [6.07, 6.45) is 2.16. The number of aliphatic hydroxyl groups excluding tert-OH is 1. The molecule has 1 saturated heterocycles. The van der Waals surface area contributed by atoms with Crippen molar-refractivity contribution in [3.8, 4) is 0 Å². The lowest BCUT2D eigenvalue weighted by atomic mass is 9.88. The van der Waals surface area contributed by atoms with Crippen LogP contribution >= 0.6 is 0 Å². The van der Waals surface area contributed by atoms with Crippen molar-refractivity contribution in [1.29, 1.82) is 0 Å². The molecule has 1 aliphatic rings. The molecule has 16 heavy (non-hydrogen) atoms. The molecule has 96 valence electrons. The molecular weight excluding hydrogens is 200 g/mol. The van der Waals surface area contributed by atoms with E-state index in [1.54, 1.807) is 0 Å². The fourth-order valence-electron chi connectivity index (χ4n) is 2.73. The molecule has 0 aromatic heterocycles. The average Bonchev–Trinajstić information content (AvgIpc) is 2.17. The summed E-state index contributed by atoms with van der Waals surface area (Å²) in [5, 5.41) is 12.8. The van der Waals surface area contributed by atoms with Gasteiger partial charge in [-0.3, -0.25) is 0 Å². The number of nitrogens with one attached hydrogen (secondary N) is 1. The third kappa shape index (κ3) is 4.40. The second-order valence-electron chi connectivity index (χ2n) is 6.05. The van der Waals surface area contributed by atoms with Crippen molar-refractivity contribution >= 4 is 0 Å². The minimum Gasteiger partial charge on any atom is -0.393 e. The molecule has 0 radical (unpaired) electrons. The predicted octanol–water partition coefficient (Wildman–Crippen LogP) is 1.32. The maximum Gasteiger partial charge on any atom is 0.0541 e. The highest BCUT2D eigenvalue weighted by atomic mass is 16.3. The lowest BCUT2D eigenvalue weighted by molar-refractivity contribution is 0.0583. The van der Waals surface area contributed by atoms with Gasteiger partial charge in [0.2, 0.25) is 0 Å². The van der Waals surface area contributed by atoms with E-state index < -0.39 is 0 Å². The summed E-state index contributed by atoms with van der Waals surface area (Å²) < 4.78 is 0. The first-order chi connectivity index (χ1) is 7.44. The molecule has 3 heteroatoms. The van der Waals surface area contributed by atoms with Crippen molar-refractivity contribution in [2.75, 3.05) is 33.2 Å². The van der Waals surface area contributed by atoms with Crippen molar-refractivity contribution in [2.24, 2.45) is 11.3 Å². The van der Waals surface area contributed by atoms with Crippen LogP contribution in [-0.4, -0.2) is 49.3 Å². The fourth-order valence-corrected chi connectivity index (χ4v) is 2.73. The summed E-state index contributed by atoms with van der Waals surface area (Å²) >= 11 is 0. The number of rotatable bonds is 5. The number of hydrogen-bond acceptors (Lipinski definition) is 3. The number of likely N-dealkylation sites (tertiary alicyclic amines) is 1. The standard InChI is InChI=1S/C13H28N2O/c1-11(16)12-5-7-15(8-6-12)10-13(2,3)9-14-4/h11-12,14,16H,5-10H2,1-4H3. The van der Waals surface area contributed by atoms with Crippen molar-refractivity contribution in [2.45, 2.75) is 39.7 Å². The van der Waals surface area contributed by atoms with Gasteiger partial charge in [0.25, 0.3) is 0 Å². The number of aliphatic hydroxyl groups is 1. The molecule has 0 aromatic carbocycles. The number of hydrogen-bond donors (Lipinski definition) is 2. The second kappa shape index (κ2) is 5.99. The van der Waals surface area contributed by atoms with Gasteiger partial charge in [0, 0.05) is 13.1 Å². The fraction of sp³-hybridized carbons (Fsp3) is 1.00. The average molecular weight is 228 g/mol. The molecule has 1 atom stereocenters. The number of nitrogens with zero attached hydrogens (tertiary/aromatic N) is 1. The highest BCUT2D eigenvalue weighted by Crippen LogP contribution is 2.24. The first-order valence-electron chi connectivity index (χ1n) is 6.49. The monoisotopic (exact) mass is 228 g/mol. The topological polar surface area (TPSA) is 35.5 Å². The van der Waals surface area contributed by atoms with Crippen molar-refractivity contribution in [3.63, 3.8) is 0 Å². The molecule has 0 aromatic rings. The van der Waals surface area contributed by atoms with Gasteiger partial charge in [0.15, 0.2) is 0 Å². The SMILES string of the molecule is CNCC(C)(C)CN1CCC(C(C)O)CC1. The van der Waals surface area contributed by atoms with Gasteiger partial charge in [0.1, 0.15) is 0 Å². The van der Waals surface area contributed by atoms with Crippen LogP contribution in [0.5, 0.6) is 0 Å². The maximum atomic E-state index is 9.55. The van der Waals surface area contributed by atoms with Crippen LogP contribution in [0.3, 0.4) is 0 Å². The summed E-state index contributed by atoms with van der Waals surface area (Å²) in [6, 6.07) is 0. The van der Waals surface area contributed by atoms with Gasteiger partial charge in [-0.25, -0.2) is 0 Å². The Labute approximate surface area is 100 Å². The quantitative estimate of drug-likeness (QED) is 0.745. The molecule has 0 aliphatic carbocycles. The predicted molar refractivity (Wildman–Crippen MR) is 68.6 cm³/mol. The van der Waals surface area contributed by atoms with Crippen LogP contribution in [0.1, 0.15) is 33.6 Å². The van der Waals surface area contributed by atoms with E-state index in [2.05, 4.69) is 24.1 Å². The molecular formula is C13H28N2O. The maximum absolute atomic E-state index is 9.55. The van der Waals surface area contributed by atoms with Gasteiger partial charge in [-0.05, 0) is 51.2 Å². The number of piperidine rings is 1. The van der Waals surface area contributed by atoms with E-state index in [1.165, 1.54) is 0 Å². The van der Waals surface area contributed by atoms with Gasteiger partial charge in [0.05, 0.1) is 6.10 Å². The molecule has 0 saturated carbocycles. The summed E-state index contributed by atoms with van der Waals surface area (Å²) in [7, 11) is 2.02. The van der Waals surface area contributed by atoms with Crippen LogP contribution < -0.4 is 5.32 Å². The largest absolute Gasteiger partial charge is 0.393 e. The highest BCUT2D eigenvalue weighted by Gasteiger charge is 2.26. The zero-order valence-electron chi connectivity index (χ0n) is 11.3. The highest BCUT2D eigenvalue weighted by molar-refractivity contribution is 4.81. The van der Waals surface area contributed by atoms with Gasteiger partial charge in [-0.1, -0.05) is 13.8 Å². The van der Waals surface area contributed by atoms with Crippen molar-refractivity contribution in [1.82, 2.24) is 10.2 Å². The summed E-state index contributed by atoms with van der Waals surface area (Å²) in [5.41, 5.74) is 0.340. The minimum atomic E-state index is -0.132. The van der Waals surface area contributed by atoms with Crippen LogP contribution in [0.25, 0.3) is 0 Å². The van der Waals surface area contributed by atoms with Gasteiger partial charge < -0.3 is 15.3 Å². The van der Waals surface area contributed by atoms with E-state index >= 15 is 0 Å². The van der Waals surface area contributed by atoms with Gasteiger partial charge >= 0.3 is 0 Å². The van der Waals surface area contributed by atoms with Crippen LogP contribution in [0.2, 0.25) is 0 Å². The third-order valence-corrected chi connectivity index (χ3v) is 3.62. The van der Waals surface area contributed by atoms with E-state index in [-0.39, 0.29) is 6.10 Å². The van der Waals surface area contributed by atoms with E-state index in [1.807, 2.05) is 14.0 Å². The van der Waals surface area contributed by atoms with E-state index in [0.717, 1.165) is 39.0 Å². The lowest BCUT2D eigenvalue weighted by Gasteiger charge is -2.38. The van der Waals surface area contributed by atoms with Crippen molar-refractivity contribution in [3.05, 3.63) is 0 Å². The normalized spacial score (nSPS) is 22.3. The first kappa shape index (κ1) is 13.9. The molecule has 2 N–H and O–H groups in total. The zero-order chi connectivity index (χ0) is 12.2. The Bertz CT molecular complexity index is 196. The smallest absolute Gasteiger partial charge is 0.0541 e. The molecule has 0 amide bonds. The zero-order valence-corrected chi connectivity index (χ0v) is 11.3. The van der Waals surface area contributed by atoms with Crippen LogP contribution in [0, 0.1) is 11.3 Å². The van der Waals surface area contributed by atoms with E-state index in [4.69, 9.17) is 0 Å². The Morgan fingerprint density at radius 3 is 2.38 bits per heavy atom. The Hall–Kier alpha value is -0.120. The molecule has 1 fully saturated rings. The van der Waals surface area contributed by atoms with Gasteiger partial charge in [-0.15, -0.1) is 0 Å². The molecule has 0 spiro atoms. The lowest BCUT2D eigenvalue weighted by Crippen LogP contribution is -2.44. The Morgan fingerprint density at radius 1 is 1.38 bits per heavy atom. The summed E-state index contributed by atoms with van der Waals surface area (Å²) in [5.74, 6) is 0.517. The molecule has 1 aliphatic heterocycles. The summed E-state index contributed by atoms with van der Waals surface area (Å²) in [4.78, 5) is 2.54. The van der Waals surface area contributed by atoms with Crippen molar-refractivity contribution < 1.29 is 5.11 Å². The minimum absolute atomic E-state index is 0.132. The molecule has 3 nitrogen and oxygen atoms in total. The third-order valence-electron chi connectivity index (χ3n) is 3.62. The molecule has 1 rings (SSSR count). The molecule has 1 unspecified atom stereocenters. The first-order valence-corrected chi connectivity index (χ1v) is 6.49. The Balaban J connectivity index is 2.31.